The van der Waals surface area contributed by atoms with Crippen LogP contribution in [-0.4, -0.2) is 41.3 Å². The van der Waals surface area contributed by atoms with Crippen molar-refractivity contribution in [3.05, 3.63) is 71.8 Å². The molecule has 2 rings (SSSR count). The fourth-order valence-corrected chi connectivity index (χ4v) is 3.76. The van der Waals surface area contributed by atoms with Gasteiger partial charge in [0.1, 0.15) is 6.61 Å². The maximum atomic E-state index is 11.5. The molecule has 0 heterocycles. The average molecular weight is 559 g/mol. The number of carboxylic acid groups (broad SMARTS) is 2. The number of aliphatic carboxylic acids is 2. The van der Waals surface area contributed by atoms with Crippen LogP contribution in [0.1, 0.15) is 76.3 Å². The van der Waals surface area contributed by atoms with E-state index in [0.717, 1.165) is 49.7 Å². The standard InChI is InChI=1S/C16H23NO4.C15H23NO3/c1-2-3-5-10-14(15(18)19)11-17-16(20)21-12-13-8-6-4-7-9-13;1-2-3-5-10-14(15(17)18)11-16-19-12-13-8-6-4-7-9-13/h4,6-9,14H,2-3,5,10-12H2,1H3,(H,17,20)(H,18,19);4,6-9,14,16H,2-3,5,10-12H2,1H3,(H,17,18). The molecule has 222 valence electrons. The van der Waals surface area contributed by atoms with Crippen molar-refractivity contribution in [1.29, 1.82) is 0 Å². The number of carbonyl (C=O) groups excluding carboxylic acids is 1. The lowest BCUT2D eigenvalue weighted by Crippen LogP contribution is -2.33. The quantitative estimate of drug-likeness (QED) is 0.119. The van der Waals surface area contributed by atoms with Crippen LogP contribution in [-0.2, 0) is 32.4 Å². The van der Waals surface area contributed by atoms with E-state index in [1.807, 2.05) is 60.7 Å². The molecule has 2 aromatic carbocycles. The molecular formula is C31H46N2O7. The van der Waals surface area contributed by atoms with Crippen LogP contribution in [0, 0.1) is 11.8 Å². The molecule has 4 N–H and O–H groups in total. The van der Waals surface area contributed by atoms with Gasteiger partial charge in [0, 0.05) is 13.1 Å². The van der Waals surface area contributed by atoms with E-state index in [9.17, 15) is 14.4 Å². The highest BCUT2D eigenvalue weighted by Crippen LogP contribution is 2.11. The zero-order chi connectivity index (χ0) is 29.4. The second-order valence-electron chi connectivity index (χ2n) is 9.63. The zero-order valence-corrected chi connectivity index (χ0v) is 23.8. The Hall–Kier alpha value is -3.43. The highest BCUT2D eigenvalue weighted by molar-refractivity contribution is 5.72. The molecule has 9 heteroatoms. The van der Waals surface area contributed by atoms with Crippen LogP contribution < -0.4 is 10.8 Å². The van der Waals surface area contributed by atoms with Crippen molar-refractivity contribution in [3.8, 4) is 0 Å². The summed E-state index contributed by atoms with van der Waals surface area (Å²) in [6, 6.07) is 19.1. The average Bonchev–Trinajstić information content (AvgIpc) is 2.96. The van der Waals surface area contributed by atoms with Crippen LogP contribution in [0.15, 0.2) is 60.7 Å². The van der Waals surface area contributed by atoms with Gasteiger partial charge < -0.3 is 20.3 Å². The molecule has 0 bridgehead atoms. The summed E-state index contributed by atoms with van der Waals surface area (Å²) in [5.41, 5.74) is 4.72. The lowest BCUT2D eigenvalue weighted by molar-refractivity contribution is -0.143. The number of carboxylic acids is 2. The molecule has 0 saturated carbocycles. The molecule has 2 aromatic rings. The van der Waals surface area contributed by atoms with Crippen LogP contribution in [0.5, 0.6) is 0 Å². The molecule has 0 aliphatic rings. The van der Waals surface area contributed by atoms with Crippen LogP contribution in [0.4, 0.5) is 4.79 Å². The van der Waals surface area contributed by atoms with Crippen LogP contribution in [0.3, 0.4) is 0 Å². The molecule has 2 atom stereocenters. The summed E-state index contributed by atoms with van der Waals surface area (Å²) >= 11 is 0. The number of ether oxygens (including phenoxy) is 1. The number of benzene rings is 2. The minimum Gasteiger partial charge on any atom is -0.481 e. The van der Waals surface area contributed by atoms with Gasteiger partial charge in [-0.3, -0.25) is 14.4 Å². The zero-order valence-electron chi connectivity index (χ0n) is 23.8. The number of rotatable bonds is 19. The maximum absolute atomic E-state index is 11.5. The minimum atomic E-state index is -0.880. The van der Waals surface area contributed by atoms with Crippen molar-refractivity contribution in [2.24, 2.45) is 11.8 Å². The van der Waals surface area contributed by atoms with Crippen molar-refractivity contribution in [1.82, 2.24) is 10.8 Å². The first-order valence-electron chi connectivity index (χ1n) is 14.2. The van der Waals surface area contributed by atoms with Crippen LogP contribution in [0.2, 0.25) is 0 Å². The second kappa shape index (κ2) is 22.4. The van der Waals surface area contributed by atoms with E-state index in [-0.39, 0.29) is 19.1 Å². The molecule has 0 radical (unpaired) electrons. The number of hydrogen-bond acceptors (Lipinski definition) is 6. The Balaban J connectivity index is 0.000000402. The molecule has 2 unspecified atom stereocenters. The van der Waals surface area contributed by atoms with Gasteiger partial charge in [-0.05, 0) is 24.0 Å². The Morgan fingerprint density at radius 2 is 1.18 bits per heavy atom. The number of hydroxylamine groups is 1. The van der Waals surface area contributed by atoms with Crippen molar-refractivity contribution in [2.45, 2.75) is 78.4 Å². The predicted octanol–water partition coefficient (Wildman–Crippen LogP) is 6.18. The predicted molar refractivity (Wildman–Crippen MR) is 154 cm³/mol. The highest BCUT2D eigenvalue weighted by atomic mass is 16.6. The first-order valence-corrected chi connectivity index (χ1v) is 14.2. The Bertz CT molecular complexity index is 941. The molecule has 9 nitrogen and oxygen atoms in total. The molecule has 0 aliphatic carbocycles. The topological polar surface area (TPSA) is 134 Å². The maximum Gasteiger partial charge on any atom is 0.407 e. The first-order chi connectivity index (χ1) is 19.4. The van der Waals surface area contributed by atoms with Crippen molar-refractivity contribution in [3.63, 3.8) is 0 Å². The molecular weight excluding hydrogens is 512 g/mol. The molecule has 1 amide bonds. The van der Waals surface area contributed by atoms with Crippen LogP contribution >= 0.6 is 0 Å². The summed E-state index contributed by atoms with van der Waals surface area (Å²) < 4.78 is 5.04. The van der Waals surface area contributed by atoms with E-state index in [2.05, 4.69) is 24.6 Å². The number of unbranched alkanes of at least 4 members (excludes halogenated alkanes) is 4. The highest BCUT2D eigenvalue weighted by Gasteiger charge is 2.18. The van der Waals surface area contributed by atoms with E-state index >= 15 is 0 Å². The lowest BCUT2D eigenvalue weighted by atomic mass is 10.0. The molecule has 40 heavy (non-hydrogen) atoms. The Labute approximate surface area is 238 Å². The molecule has 0 aliphatic heterocycles. The Morgan fingerprint density at radius 1 is 0.700 bits per heavy atom. The van der Waals surface area contributed by atoms with Crippen LogP contribution in [0.25, 0.3) is 0 Å². The summed E-state index contributed by atoms with van der Waals surface area (Å²) in [6.45, 7) is 5.26. The third kappa shape index (κ3) is 17.2. The van der Waals surface area contributed by atoms with Crippen molar-refractivity contribution < 1.29 is 34.2 Å². The van der Waals surface area contributed by atoms with Gasteiger partial charge in [-0.25, -0.2) is 10.3 Å². The molecule has 0 saturated heterocycles. The molecule has 0 spiro atoms. The van der Waals surface area contributed by atoms with Gasteiger partial charge in [-0.15, -0.1) is 0 Å². The fraction of sp³-hybridized carbons (Fsp3) is 0.516. The van der Waals surface area contributed by atoms with Gasteiger partial charge in [0.05, 0.1) is 18.4 Å². The third-order valence-corrected chi connectivity index (χ3v) is 6.23. The van der Waals surface area contributed by atoms with Gasteiger partial charge >= 0.3 is 18.0 Å². The van der Waals surface area contributed by atoms with Crippen molar-refractivity contribution >= 4 is 18.0 Å². The van der Waals surface area contributed by atoms with Crippen molar-refractivity contribution in [2.75, 3.05) is 13.1 Å². The van der Waals surface area contributed by atoms with E-state index in [1.165, 1.54) is 0 Å². The fourth-order valence-electron chi connectivity index (χ4n) is 3.76. The minimum absolute atomic E-state index is 0.104. The number of alkyl carbamates (subject to hydrolysis) is 1. The summed E-state index contributed by atoms with van der Waals surface area (Å²) in [4.78, 5) is 39.0. The second-order valence-corrected chi connectivity index (χ2v) is 9.63. The monoisotopic (exact) mass is 558 g/mol. The molecule has 0 fully saturated rings. The van der Waals surface area contributed by atoms with E-state index in [0.29, 0.717) is 26.0 Å². The largest absolute Gasteiger partial charge is 0.481 e. The van der Waals surface area contributed by atoms with Gasteiger partial charge in [-0.1, -0.05) is 113 Å². The Kier molecular flexibility index (Phi) is 19.4. The van der Waals surface area contributed by atoms with E-state index in [4.69, 9.17) is 19.8 Å². The summed E-state index contributed by atoms with van der Waals surface area (Å²) in [7, 11) is 0. The van der Waals surface area contributed by atoms with Gasteiger partial charge in [0.15, 0.2) is 0 Å². The summed E-state index contributed by atoms with van der Waals surface area (Å²) in [5.74, 6) is -2.57. The molecule has 0 aromatic heterocycles. The van der Waals surface area contributed by atoms with E-state index in [1.54, 1.807) is 0 Å². The van der Waals surface area contributed by atoms with E-state index < -0.39 is 23.9 Å². The number of hydrogen-bond donors (Lipinski definition) is 4. The number of nitrogens with one attached hydrogen (secondary N) is 2. The number of amides is 1. The Morgan fingerprint density at radius 3 is 1.65 bits per heavy atom. The summed E-state index contributed by atoms with van der Waals surface area (Å²) in [6.07, 6.45) is 6.72. The summed E-state index contributed by atoms with van der Waals surface area (Å²) in [5, 5.41) is 20.7. The van der Waals surface area contributed by atoms with Gasteiger partial charge in [0.25, 0.3) is 0 Å². The number of carbonyl (C=O) groups is 3. The van der Waals surface area contributed by atoms with Gasteiger partial charge in [-0.2, -0.15) is 0 Å². The SMILES string of the molecule is CCCCCC(CNC(=O)OCc1ccccc1)C(=O)O.CCCCCC(CNOCc1ccccc1)C(=O)O. The van der Waals surface area contributed by atoms with Gasteiger partial charge in [0.2, 0.25) is 0 Å². The smallest absolute Gasteiger partial charge is 0.407 e. The normalized spacial score (nSPS) is 11.9. The lowest BCUT2D eigenvalue weighted by Gasteiger charge is -2.13. The third-order valence-electron chi connectivity index (χ3n) is 6.23. The first kappa shape index (κ1) is 34.6.